The number of thiazole rings is 1. The van der Waals surface area contributed by atoms with E-state index in [1.54, 1.807) is 36.4 Å². The number of aromatic nitrogens is 1. The van der Waals surface area contributed by atoms with Gasteiger partial charge in [-0.25, -0.2) is 10.2 Å². The molecule has 1 heterocycles. The van der Waals surface area contributed by atoms with Gasteiger partial charge in [0.25, 0.3) is 5.91 Å². The average molecular weight is 446 g/mol. The number of nitrogens with zero attached hydrogens (tertiary/aromatic N) is 2. The monoisotopic (exact) mass is 445 g/mol. The fraction of sp³-hybridized carbons (Fsp3) is 0.100. The zero-order valence-electron chi connectivity index (χ0n) is 15.7. The number of carbonyl (C=O) groups excluding carboxylic acids is 2. The van der Waals surface area contributed by atoms with E-state index in [9.17, 15) is 19.5 Å². The van der Waals surface area contributed by atoms with Crippen LogP contribution < -0.4 is 10.3 Å². The Morgan fingerprint density at radius 2 is 2.03 bits per heavy atom. The summed E-state index contributed by atoms with van der Waals surface area (Å²) in [5.74, 6) is -1.26. The number of hydrogen-bond acceptors (Lipinski definition) is 7. The van der Waals surface area contributed by atoms with E-state index in [0.29, 0.717) is 16.0 Å². The van der Waals surface area contributed by atoms with Crippen LogP contribution in [-0.4, -0.2) is 34.9 Å². The van der Waals surface area contributed by atoms with Crippen molar-refractivity contribution in [1.29, 1.82) is 0 Å². The SMILES string of the molecule is COC(=O)c1cccc(Cn2c(Cl)c(/C=N/NC(=O)c3ccccc3O)sc2=O)c1. The van der Waals surface area contributed by atoms with Crippen LogP contribution >= 0.6 is 22.9 Å². The van der Waals surface area contributed by atoms with E-state index in [1.165, 1.54) is 30.0 Å². The molecule has 0 aliphatic carbocycles. The summed E-state index contributed by atoms with van der Waals surface area (Å²) in [6.07, 6.45) is 1.26. The number of halogens is 1. The van der Waals surface area contributed by atoms with Gasteiger partial charge in [-0.05, 0) is 29.8 Å². The summed E-state index contributed by atoms with van der Waals surface area (Å²) >= 11 is 7.16. The van der Waals surface area contributed by atoms with Gasteiger partial charge in [0.2, 0.25) is 0 Å². The minimum atomic E-state index is -0.605. The second-order valence-electron chi connectivity index (χ2n) is 6.02. The Morgan fingerprint density at radius 1 is 1.27 bits per heavy atom. The Morgan fingerprint density at radius 3 is 2.77 bits per heavy atom. The highest BCUT2D eigenvalue weighted by Gasteiger charge is 2.14. The molecule has 1 amide bonds. The lowest BCUT2D eigenvalue weighted by Crippen LogP contribution is -2.17. The second-order valence-corrected chi connectivity index (χ2v) is 7.37. The summed E-state index contributed by atoms with van der Waals surface area (Å²) in [5.41, 5.74) is 3.40. The number of phenols is 1. The number of amides is 1. The summed E-state index contributed by atoms with van der Waals surface area (Å²) in [6.45, 7) is 0.150. The highest BCUT2D eigenvalue weighted by molar-refractivity contribution is 7.11. The maximum Gasteiger partial charge on any atom is 0.337 e. The molecule has 0 radical (unpaired) electrons. The van der Waals surface area contributed by atoms with E-state index in [2.05, 4.69) is 10.5 Å². The number of hydrogen-bond donors (Lipinski definition) is 2. The molecular weight excluding hydrogens is 430 g/mol. The lowest BCUT2D eigenvalue weighted by atomic mass is 10.1. The first-order valence-corrected chi connectivity index (χ1v) is 9.78. The highest BCUT2D eigenvalue weighted by Crippen LogP contribution is 2.19. The molecule has 3 aromatic rings. The van der Waals surface area contributed by atoms with Crippen molar-refractivity contribution in [3.8, 4) is 5.75 Å². The van der Waals surface area contributed by atoms with Crippen LogP contribution in [0, 0.1) is 0 Å². The highest BCUT2D eigenvalue weighted by atomic mass is 35.5. The number of aromatic hydroxyl groups is 1. The van der Waals surface area contributed by atoms with Gasteiger partial charge in [0.15, 0.2) is 0 Å². The molecule has 3 rings (SSSR count). The number of carbonyl (C=O) groups is 2. The number of methoxy groups -OCH3 is 1. The van der Waals surface area contributed by atoms with E-state index in [1.807, 2.05) is 0 Å². The third-order valence-electron chi connectivity index (χ3n) is 4.04. The van der Waals surface area contributed by atoms with Crippen LogP contribution in [0.15, 0.2) is 58.4 Å². The zero-order valence-corrected chi connectivity index (χ0v) is 17.2. The van der Waals surface area contributed by atoms with Crippen LogP contribution in [0.3, 0.4) is 0 Å². The summed E-state index contributed by atoms with van der Waals surface area (Å²) in [5, 5.41) is 13.6. The summed E-state index contributed by atoms with van der Waals surface area (Å²) in [7, 11) is 1.29. The molecular formula is C20H16ClN3O5S. The van der Waals surface area contributed by atoms with Crippen molar-refractivity contribution < 1.29 is 19.4 Å². The minimum absolute atomic E-state index is 0.0667. The first kappa shape index (κ1) is 21.3. The fourth-order valence-electron chi connectivity index (χ4n) is 2.59. The summed E-state index contributed by atoms with van der Waals surface area (Å²) < 4.78 is 6.03. The number of benzene rings is 2. The van der Waals surface area contributed by atoms with Gasteiger partial charge in [-0.1, -0.05) is 47.2 Å². The van der Waals surface area contributed by atoms with Crippen molar-refractivity contribution in [2.75, 3.05) is 7.11 Å². The summed E-state index contributed by atoms with van der Waals surface area (Å²) in [4.78, 5) is 36.1. The van der Waals surface area contributed by atoms with Crippen molar-refractivity contribution in [2.24, 2.45) is 5.10 Å². The molecule has 0 unspecified atom stereocenters. The van der Waals surface area contributed by atoms with Crippen molar-refractivity contribution in [1.82, 2.24) is 9.99 Å². The zero-order chi connectivity index (χ0) is 21.7. The summed E-state index contributed by atoms with van der Waals surface area (Å²) in [6, 6.07) is 12.7. The van der Waals surface area contributed by atoms with E-state index >= 15 is 0 Å². The number of rotatable bonds is 6. The van der Waals surface area contributed by atoms with Crippen LogP contribution in [-0.2, 0) is 11.3 Å². The Hall–Kier alpha value is -3.43. The Balaban J connectivity index is 1.75. The number of para-hydroxylation sites is 1. The van der Waals surface area contributed by atoms with Gasteiger partial charge < -0.3 is 9.84 Å². The van der Waals surface area contributed by atoms with E-state index in [0.717, 1.165) is 11.3 Å². The van der Waals surface area contributed by atoms with Crippen molar-refractivity contribution in [3.05, 3.63) is 84.9 Å². The minimum Gasteiger partial charge on any atom is -0.507 e. The molecule has 10 heteroatoms. The first-order chi connectivity index (χ1) is 14.4. The molecule has 2 N–H and O–H groups in total. The molecule has 154 valence electrons. The number of nitrogens with one attached hydrogen (secondary N) is 1. The lowest BCUT2D eigenvalue weighted by molar-refractivity contribution is 0.0600. The Labute approximate surface area is 180 Å². The predicted molar refractivity (Wildman–Crippen MR) is 114 cm³/mol. The molecule has 0 atom stereocenters. The maximum atomic E-state index is 12.3. The van der Waals surface area contributed by atoms with Gasteiger partial charge in [-0.2, -0.15) is 5.10 Å². The van der Waals surface area contributed by atoms with E-state index in [4.69, 9.17) is 16.3 Å². The molecule has 0 bridgehead atoms. The third kappa shape index (κ3) is 4.76. The number of ether oxygens (including phenoxy) is 1. The maximum absolute atomic E-state index is 12.3. The van der Waals surface area contributed by atoms with E-state index in [-0.39, 0.29) is 27.9 Å². The first-order valence-electron chi connectivity index (χ1n) is 8.58. The molecule has 8 nitrogen and oxygen atoms in total. The molecule has 0 aliphatic heterocycles. The molecule has 1 aromatic heterocycles. The molecule has 0 fully saturated rings. The van der Waals surface area contributed by atoms with Crippen molar-refractivity contribution in [2.45, 2.75) is 6.54 Å². The van der Waals surface area contributed by atoms with E-state index < -0.39 is 11.9 Å². The van der Waals surface area contributed by atoms with Crippen LogP contribution in [0.4, 0.5) is 0 Å². The van der Waals surface area contributed by atoms with Crippen molar-refractivity contribution in [3.63, 3.8) is 0 Å². The Kier molecular flexibility index (Phi) is 6.65. The quantitative estimate of drug-likeness (QED) is 0.344. The molecule has 0 aliphatic rings. The molecule has 0 saturated carbocycles. The van der Waals surface area contributed by atoms with Gasteiger partial charge >= 0.3 is 10.8 Å². The van der Waals surface area contributed by atoms with Crippen molar-refractivity contribution >= 4 is 41.0 Å². The van der Waals surface area contributed by atoms with Gasteiger partial charge in [0.1, 0.15) is 10.9 Å². The van der Waals surface area contributed by atoms with Gasteiger partial charge in [0.05, 0.1) is 35.9 Å². The topological polar surface area (TPSA) is 110 Å². The molecule has 30 heavy (non-hydrogen) atoms. The predicted octanol–water partition coefficient (Wildman–Crippen LogP) is 2.87. The molecule has 0 saturated heterocycles. The largest absolute Gasteiger partial charge is 0.507 e. The number of esters is 1. The van der Waals surface area contributed by atoms with Crippen LogP contribution in [0.2, 0.25) is 5.15 Å². The Bertz CT molecular complexity index is 1190. The lowest BCUT2D eigenvalue weighted by Gasteiger charge is -2.06. The van der Waals surface area contributed by atoms with Crippen LogP contribution in [0.5, 0.6) is 5.75 Å². The van der Waals surface area contributed by atoms with Crippen LogP contribution in [0.1, 0.15) is 31.2 Å². The van der Waals surface area contributed by atoms with Crippen LogP contribution in [0.25, 0.3) is 0 Å². The van der Waals surface area contributed by atoms with Gasteiger partial charge in [0, 0.05) is 0 Å². The number of phenolic OH excluding ortho intramolecular Hbond substituents is 1. The third-order valence-corrected chi connectivity index (χ3v) is 5.48. The standard InChI is InChI=1S/C20H16ClN3O5S/c1-29-19(27)13-6-4-5-12(9-13)11-24-17(21)16(30-20(24)28)10-22-23-18(26)14-7-2-3-8-15(14)25/h2-10,25H,11H2,1H3,(H,23,26)/b22-10+. The number of hydrazone groups is 1. The van der Waals surface area contributed by atoms with Gasteiger partial charge in [-0.15, -0.1) is 0 Å². The molecule has 0 spiro atoms. The smallest absolute Gasteiger partial charge is 0.337 e. The van der Waals surface area contributed by atoms with Gasteiger partial charge in [-0.3, -0.25) is 14.2 Å². The fourth-order valence-corrected chi connectivity index (χ4v) is 3.70. The molecule has 2 aromatic carbocycles. The average Bonchev–Trinajstić information content (AvgIpc) is 3.01. The second kappa shape index (κ2) is 9.38. The normalized spacial score (nSPS) is 10.9.